The van der Waals surface area contributed by atoms with E-state index in [1.165, 1.54) is 6.20 Å². The van der Waals surface area contributed by atoms with Crippen LogP contribution >= 0.6 is 0 Å². The molecule has 2 aromatic rings. The number of benzene rings is 1. The zero-order valence-corrected chi connectivity index (χ0v) is 11.9. The molecule has 0 amide bonds. The number of nitrogens with one attached hydrogen (secondary N) is 2. The average Bonchev–Trinajstić information content (AvgIpc) is 2.40. The van der Waals surface area contributed by atoms with Crippen molar-refractivity contribution in [1.29, 1.82) is 0 Å². The highest BCUT2D eigenvalue weighted by Crippen LogP contribution is 2.19. The third-order valence-corrected chi connectivity index (χ3v) is 2.56. The van der Waals surface area contributed by atoms with E-state index in [-0.39, 0.29) is 11.2 Å². The van der Waals surface area contributed by atoms with Crippen molar-refractivity contribution >= 4 is 17.5 Å². The normalized spacial score (nSPS) is 11.2. The predicted octanol–water partition coefficient (Wildman–Crippen LogP) is 3.82. The quantitative estimate of drug-likeness (QED) is 0.890. The summed E-state index contributed by atoms with van der Waals surface area (Å²) in [7, 11) is 0. The van der Waals surface area contributed by atoms with E-state index in [2.05, 4.69) is 41.4 Å². The maximum atomic E-state index is 13.7. The summed E-state index contributed by atoms with van der Waals surface area (Å²) in [4.78, 5) is 8.11. The number of halogens is 1. The van der Waals surface area contributed by atoms with Gasteiger partial charge >= 0.3 is 0 Å². The van der Waals surface area contributed by atoms with E-state index < -0.39 is 5.82 Å². The first-order chi connectivity index (χ1) is 9.44. The third kappa shape index (κ3) is 4.19. The summed E-state index contributed by atoms with van der Waals surface area (Å²) in [6.45, 7) is 7.02. The summed E-state index contributed by atoms with van der Waals surface area (Å²) in [5, 5.41) is 6.05. The van der Waals surface area contributed by atoms with Gasteiger partial charge in [-0.1, -0.05) is 39.0 Å². The van der Waals surface area contributed by atoms with Crippen molar-refractivity contribution in [2.45, 2.75) is 20.8 Å². The van der Waals surface area contributed by atoms with Gasteiger partial charge in [-0.15, -0.1) is 0 Å². The fourth-order valence-corrected chi connectivity index (χ4v) is 1.54. The first-order valence-corrected chi connectivity index (χ1v) is 6.52. The molecule has 1 heterocycles. The molecule has 0 fully saturated rings. The molecule has 0 unspecified atom stereocenters. The fraction of sp³-hybridized carbons (Fsp3) is 0.333. The summed E-state index contributed by atoms with van der Waals surface area (Å²) in [6, 6.07) is 9.35. The second kappa shape index (κ2) is 5.86. The maximum absolute atomic E-state index is 13.7. The molecular formula is C15H19FN4. The lowest BCUT2D eigenvalue weighted by Gasteiger charge is -2.18. The van der Waals surface area contributed by atoms with Crippen LogP contribution in [-0.2, 0) is 0 Å². The molecule has 0 aliphatic heterocycles. The van der Waals surface area contributed by atoms with Gasteiger partial charge in [0.25, 0.3) is 0 Å². The van der Waals surface area contributed by atoms with Gasteiger partial charge in [-0.3, -0.25) is 0 Å². The minimum Gasteiger partial charge on any atom is -0.354 e. The van der Waals surface area contributed by atoms with E-state index in [0.717, 1.165) is 5.69 Å². The molecule has 0 bridgehead atoms. The van der Waals surface area contributed by atoms with E-state index in [9.17, 15) is 4.39 Å². The van der Waals surface area contributed by atoms with Crippen LogP contribution in [0, 0.1) is 11.2 Å². The predicted molar refractivity (Wildman–Crippen MR) is 79.7 cm³/mol. The lowest BCUT2D eigenvalue weighted by molar-refractivity contribution is 0.441. The van der Waals surface area contributed by atoms with Crippen LogP contribution in [0.4, 0.5) is 21.8 Å². The number of para-hydroxylation sites is 1. The van der Waals surface area contributed by atoms with Crippen molar-refractivity contribution in [2.75, 3.05) is 17.2 Å². The van der Waals surface area contributed by atoms with Gasteiger partial charge in [0.05, 0.1) is 6.20 Å². The Labute approximate surface area is 118 Å². The van der Waals surface area contributed by atoms with E-state index in [0.29, 0.717) is 12.5 Å². The lowest BCUT2D eigenvalue weighted by Crippen LogP contribution is -2.20. The molecule has 0 atom stereocenters. The van der Waals surface area contributed by atoms with Crippen molar-refractivity contribution < 1.29 is 4.39 Å². The van der Waals surface area contributed by atoms with Crippen molar-refractivity contribution in [3.05, 3.63) is 42.3 Å². The Balaban J connectivity index is 2.13. The molecule has 2 rings (SSSR count). The molecule has 106 valence electrons. The van der Waals surface area contributed by atoms with Crippen LogP contribution in [0.25, 0.3) is 0 Å². The molecule has 0 aliphatic carbocycles. The zero-order valence-electron chi connectivity index (χ0n) is 11.9. The molecule has 5 heteroatoms. The monoisotopic (exact) mass is 274 g/mol. The van der Waals surface area contributed by atoms with Gasteiger partial charge in [-0.05, 0) is 17.5 Å². The summed E-state index contributed by atoms with van der Waals surface area (Å²) in [6.07, 6.45) is 1.17. The Morgan fingerprint density at radius 1 is 1.15 bits per heavy atom. The number of rotatable bonds is 4. The van der Waals surface area contributed by atoms with Crippen molar-refractivity contribution in [1.82, 2.24) is 9.97 Å². The van der Waals surface area contributed by atoms with Crippen LogP contribution < -0.4 is 10.6 Å². The van der Waals surface area contributed by atoms with Gasteiger partial charge in [0.2, 0.25) is 5.95 Å². The highest BCUT2D eigenvalue weighted by molar-refractivity contribution is 5.57. The Bertz CT molecular complexity index is 564. The van der Waals surface area contributed by atoms with Crippen molar-refractivity contribution in [3.63, 3.8) is 0 Å². The van der Waals surface area contributed by atoms with Gasteiger partial charge in [0, 0.05) is 12.2 Å². The van der Waals surface area contributed by atoms with E-state index in [1.807, 2.05) is 30.3 Å². The molecule has 0 spiro atoms. The van der Waals surface area contributed by atoms with E-state index in [1.54, 1.807) is 0 Å². The van der Waals surface area contributed by atoms with Crippen LogP contribution in [0.5, 0.6) is 0 Å². The van der Waals surface area contributed by atoms with Crippen LogP contribution in [0.3, 0.4) is 0 Å². The first-order valence-electron chi connectivity index (χ1n) is 6.52. The van der Waals surface area contributed by atoms with Crippen LogP contribution in [-0.4, -0.2) is 16.5 Å². The van der Waals surface area contributed by atoms with E-state index in [4.69, 9.17) is 0 Å². The van der Waals surface area contributed by atoms with Crippen LogP contribution in [0.15, 0.2) is 36.5 Å². The lowest BCUT2D eigenvalue weighted by atomic mass is 9.97. The molecular weight excluding hydrogens is 255 g/mol. The SMILES string of the molecule is CC(C)(C)CNc1ncc(F)c(Nc2ccccc2)n1. The Kier molecular flexibility index (Phi) is 4.17. The van der Waals surface area contributed by atoms with E-state index >= 15 is 0 Å². The zero-order chi connectivity index (χ0) is 14.6. The van der Waals surface area contributed by atoms with Crippen molar-refractivity contribution in [3.8, 4) is 0 Å². The number of aromatic nitrogens is 2. The number of hydrogen-bond acceptors (Lipinski definition) is 4. The maximum Gasteiger partial charge on any atom is 0.224 e. The molecule has 20 heavy (non-hydrogen) atoms. The smallest absolute Gasteiger partial charge is 0.224 e. The Morgan fingerprint density at radius 2 is 1.85 bits per heavy atom. The first kappa shape index (κ1) is 14.2. The Morgan fingerprint density at radius 3 is 2.50 bits per heavy atom. The molecule has 0 saturated carbocycles. The molecule has 4 nitrogen and oxygen atoms in total. The van der Waals surface area contributed by atoms with Gasteiger partial charge in [0.1, 0.15) is 0 Å². The second-order valence-electron chi connectivity index (χ2n) is 5.80. The number of hydrogen-bond donors (Lipinski definition) is 2. The Hall–Kier alpha value is -2.17. The van der Waals surface area contributed by atoms with Crippen LogP contribution in [0.1, 0.15) is 20.8 Å². The summed E-state index contributed by atoms with van der Waals surface area (Å²) in [5.74, 6) is 0.109. The van der Waals surface area contributed by atoms with Gasteiger partial charge in [0.15, 0.2) is 11.6 Å². The number of nitrogens with zero attached hydrogens (tertiary/aromatic N) is 2. The molecule has 0 saturated heterocycles. The van der Waals surface area contributed by atoms with Gasteiger partial charge in [-0.25, -0.2) is 9.37 Å². The molecule has 1 aromatic heterocycles. The largest absolute Gasteiger partial charge is 0.354 e. The van der Waals surface area contributed by atoms with Crippen molar-refractivity contribution in [2.24, 2.45) is 5.41 Å². The second-order valence-corrected chi connectivity index (χ2v) is 5.80. The topological polar surface area (TPSA) is 49.8 Å². The molecule has 1 aromatic carbocycles. The van der Waals surface area contributed by atoms with Crippen LogP contribution in [0.2, 0.25) is 0 Å². The number of anilines is 3. The minimum absolute atomic E-state index is 0.102. The van der Waals surface area contributed by atoms with Gasteiger partial charge < -0.3 is 10.6 Å². The standard InChI is InChI=1S/C15H19FN4/c1-15(2,3)10-18-14-17-9-12(16)13(20-14)19-11-7-5-4-6-8-11/h4-9H,10H2,1-3H3,(H2,17,18,19,20). The summed E-state index contributed by atoms with van der Waals surface area (Å²) >= 11 is 0. The molecule has 0 aliphatic rings. The third-order valence-electron chi connectivity index (χ3n) is 2.56. The fourth-order valence-electron chi connectivity index (χ4n) is 1.54. The molecule has 2 N–H and O–H groups in total. The highest BCUT2D eigenvalue weighted by atomic mass is 19.1. The average molecular weight is 274 g/mol. The van der Waals surface area contributed by atoms with Gasteiger partial charge in [-0.2, -0.15) is 4.98 Å². The summed E-state index contributed by atoms with van der Waals surface area (Å²) < 4.78 is 13.7. The summed E-state index contributed by atoms with van der Waals surface area (Å²) in [5.41, 5.74) is 0.886. The molecule has 0 radical (unpaired) electrons. The minimum atomic E-state index is -0.477. The highest BCUT2D eigenvalue weighted by Gasteiger charge is 2.12.